The van der Waals surface area contributed by atoms with Gasteiger partial charge in [0.15, 0.2) is 5.82 Å². The Morgan fingerprint density at radius 1 is 1.28 bits per heavy atom. The van der Waals surface area contributed by atoms with Crippen LogP contribution < -0.4 is 14.2 Å². The molecular weight excluding hydrogens is 471 g/mol. The molecule has 174 valence electrons. The van der Waals surface area contributed by atoms with Crippen LogP contribution in [-0.4, -0.2) is 63.8 Å². The molecule has 32 heavy (non-hydrogen) atoms. The first-order chi connectivity index (χ1) is 15.1. The van der Waals surface area contributed by atoms with Gasteiger partial charge in [0.1, 0.15) is 17.3 Å². The van der Waals surface area contributed by atoms with Crippen LogP contribution in [0.5, 0.6) is 11.8 Å². The van der Waals surface area contributed by atoms with E-state index in [4.69, 9.17) is 21.7 Å². The molecule has 1 aromatic heterocycles. The van der Waals surface area contributed by atoms with Crippen LogP contribution in [0.15, 0.2) is 29.2 Å². The molecule has 1 aliphatic heterocycles. The molecule has 0 fully saturated rings. The molecule has 0 radical (unpaired) electrons. The molecule has 3 rings (SSSR count). The molecule has 0 aliphatic carbocycles. The van der Waals surface area contributed by atoms with Gasteiger partial charge in [-0.2, -0.15) is 13.8 Å². The molecule has 0 atom stereocenters. The summed E-state index contributed by atoms with van der Waals surface area (Å²) >= 11 is 5.39. The summed E-state index contributed by atoms with van der Waals surface area (Å²) in [6.45, 7) is -3.32. The van der Waals surface area contributed by atoms with Crippen LogP contribution in [0, 0.1) is 5.82 Å². The molecule has 2 aromatic rings. The van der Waals surface area contributed by atoms with Crippen LogP contribution in [0.1, 0.15) is 11.1 Å². The SMILES string of the molecule is COc1nc(OCCOC(F)F)c(F)cc1NS(=O)(=O)c1cccc2c1CCN(C)C2=S. The van der Waals surface area contributed by atoms with E-state index in [1.807, 2.05) is 11.9 Å². The molecule has 1 aromatic carbocycles. The Hall–Kier alpha value is -2.64. The van der Waals surface area contributed by atoms with Crippen molar-refractivity contribution in [2.45, 2.75) is 17.9 Å². The first-order valence-corrected chi connectivity index (χ1v) is 11.2. The highest BCUT2D eigenvalue weighted by molar-refractivity contribution is 7.92. The zero-order chi connectivity index (χ0) is 23.5. The zero-order valence-corrected chi connectivity index (χ0v) is 18.7. The van der Waals surface area contributed by atoms with Gasteiger partial charge >= 0.3 is 6.61 Å². The molecule has 1 aliphatic rings. The van der Waals surface area contributed by atoms with E-state index in [1.165, 1.54) is 13.2 Å². The van der Waals surface area contributed by atoms with E-state index in [2.05, 4.69) is 14.4 Å². The zero-order valence-electron chi connectivity index (χ0n) is 17.1. The van der Waals surface area contributed by atoms with Gasteiger partial charge in [0.2, 0.25) is 5.88 Å². The quantitative estimate of drug-likeness (QED) is 0.423. The largest absolute Gasteiger partial charge is 0.479 e. The predicted molar refractivity (Wildman–Crippen MR) is 113 cm³/mol. The third-order valence-electron chi connectivity index (χ3n) is 4.61. The lowest BCUT2D eigenvalue weighted by molar-refractivity contribution is -0.133. The van der Waals surface area contributed by atoms with Gasteiger partial charge in [0, 0.05) is 25.2 Å². The van der Waals surface area contributed by atoms with Crippen molar-refractivity contribution in [2.24, 2.45) is 0 Å². The van der Waals surface area contributed by atoms with Crippen molar-refractivity contribution < 1.29 is 35.8 Å². The van der Waals surface area contributed by atoms with Gasteiger partial charge in [0.25, 0.3) is 15.9 Å². The number of ether oxygens (including phenoxy) is 3. The predicted octanol–water partition coefficient (Wildman–Crippen LogP) is 2.81. The van der Waals surface area contributed by atoms with Gasteiger partial charge in [-0.15, -0.1) is 0 Å². The molecule has 13 heteroatoms. The third-order valence-corrected chi connectivity index (χ3v) is 6.59. The van der Waals surface area contributed by atoms with Gasteiger partial charge in [-0.1, -0.05) is 24.4 Å². The maximum Gasteiger partial charge on any atom is 0.345 e. The van der Waals surface area contributed by atoms with E-state index in [0.29, 0.717) is 29.1 Å². The molecule has 0 unspecified atom stereocenters. The molecular formula is C19H20F3N3O5S2. The van der Waals surface area contributed by atoms with Crippen LogP contribution in [0.25, 0.3) is 0 Å². The maximum atomic E-state index is 14.4. The molecule has 0 bridgehead atoms. The monoisotopic (exact) mass is 491 g/mol. The number of pyridine rings is 1. The Bertz CT molecular complexity index is 1120. The fraction of sp³-hybridized carbons (Fsp3) is 0.368. The molecule has 8 nitrogen and oxygen atoms in total. The summed E-state index contributed by atoms with van der Waals surface area (Å²) < 4.78 is 80.9. The Labute approximate surface area is 188 Å². The summed E-state index contributed by atoms with van der Waals surface area (Å²) in [5.41, 5.74) is 0.950. The number of halogens is 3. The molecule has 0 spiro atoms. The highest BCUT2D eigenvalue weighted by Gasteiger charge is 2.28. The van der Waals surface area contributed by atoms with Crippen molar-refractivity contribution in [3.63, 3.8) is 0 Å². The molecule has 2 heterocycles. The van der Waals surface area contributed by atoms with E-state index < -0.39 is 41.5 Å². The van der Waals surface area contributed by atoms with Crippen molar-refractivity contribution in [1.29, 1.82) is 0 Å². The number of rotatable bonds is 9. The number of nitrogens with zero attached hydrogens (tertiary/aromatic N) is 2. The van der Waals surface area contributed by atoms with E-state index in [-0.39, 0.29) is 16.5 Å². The second kappa shape index (κ2) is 9.88. The first kappa shape index (κ1) is 24.0. The highest BCUT2D eigenvalue weighted by atomic mass is 32.2. The van der Waals surface area contributed by atoms with Crippen molar-refractivity contribution >= 4 is 32.9 Å². The Balaban J connectivity index is 1.87. The Morgan fingerprint density at radius 2 is 2.03 bits per heavy atom. The number of benzene rings is 1. The van der Waals surface area contributed by atoms with Crippen LogP contribution in [0.2, 0.25) is 0 Å². The maximum absolute atomic E-state index is 14.4. The summed E-state index contributed by atoms with van der Waals surface area (Å²) in [6, 6.07) is 5.59. The Morgan fingerprint density at radius 3 is 2.72 bits per heavy atom. The number of alkyl halides is 2. The number of nitrogens with one attached hydrogen (secondary N) is 1. The average Bonchev–Trinajstić information content (AvgIpc) is 2.74. The lowest BCUT2D eigenvalue weighted by Gasteiger charge is -2.29. The third kappa shape index (κ3) is 5.22. The van der Waals surface area contributed by atoms with Crippen molar-refractivity contribution in [2.75, 3.05) is 38.6 Å². The van der Waals surface area contributed by atoms with Crippen LogP contribution in [0.4, 0.5) is 18.9 Å². The molecule has 0 amide bonds. The van der Waals surface area contributed by atoms with Crippen LogP contribution in [-0.2, 0) is 21.2 Å². The van der Waals surface area contributed by atoms with Crippen LogP contribution in [0.3, 0.4) is 0 Å². The standard InChI is InChI=1S/C19H20F3N3O5S2/c1-25-7-6-11-12(18(25)31)4-3-5-15(11)32(26,27)24-14-10-13(20)16(23-17(14)28-2)29-8-9-30-19(21)22/h3-5,10,19,24H,6-9H2,1-2H3. The number of aromatic nitrogens is 1. The summed E-state index contributed by atoms with van der Waals surface area (Å²) in [6.07, 6.45) is 0.459. The molecule has 0 saturated carbocycles. The first-order valence-electron chi connectivity index (χ1n) is 9.31. The summed E-state index contributed by atoms with van der Waals surface area (Å²) in [7, 11) is -1.11. The van der Waals surface area contributed by atoms with Crippen molar-refractivity contribution in [3.05, 3.63) is 41.2 Å². The second-order valence-corrected chi connectivity index (χ2v) is 8.71. The van der Waals surface area contributed by atoms with E-state index in [1.54, 1.807) is 12.1 Å². The van der Waals surface area contributed by atoms with Crippen molar-refractivity contribution in [3.8, 4) is 11.8 Å². The minimum atomic E-state index is -4.15. The minimum absolute atomic E-state index is 0.0115. The minimum Gasteiger partial charge on any atom is -0.479 e. The lowest BCUT2D eigenvalue weighted by Crippen LogP contribution is -2.34. The Kier molecular flexibility index (Phi) is 7.41. The summed E-state index contributed by atoms with van der Waals surface area (Å²) in [4.78, 5) is 6.18. The summed E-state index contributed by atoms with van der Waals surface area (Å²) in [5.74, 6) is -1.83. The fourth-order valence-corrected chi connectivity index (χ4v) is 4.75. The van der Waals surface area contributed by atoms with Crippen molar-refractivity contribution in [1.82, 2.24) is 9.88 Å². The number of thiocarbonyl (C=S) groups is 1. The normalized spacial score (nSPS) is 13.8. The second-order valence-electron chi connectivity index (χ2n) is 6.68. The van der Waals surface area contributed by atoms with Gasteiger partial charge in [-0.05, 0) is 18.1 Å². The fourth-order valence-electron chi connectivity index (χ4n) is 3.12. The lowest BCUT2D eigenvalue weighted by atomic mass is 10.0. The molecule has 1 N–H and O–H groups in total. The van der Waals surface area contributed by atoms with Gasteiger partial charge in [-0.3, -0.25) is 4.72 Å². The summed E-state index contributed by atoms with van der Waals surface area (Å²) in [5, 5.41) is 0. The number of hydrogen-bond acceptors (Lipinski definition) is 7. The average molecular weight is 492 g/mol. The number of fused-ring (bicyclic) bond motifs is 1. The van der Waals surface area contributed by atoms with Gasteiger partial charge < -0.3 is 19.1 Å². The van der Waals surface area contributed by atoms with Crippen LogP contribution >= 0.6 is 12.2 Å². The highest BCUT2D eigenvalue weighted by Crippen LogP contribution is 2.32. The number of hydrogen-bond donors (Lipinski definition) is 1. The number of anilines is 1. The molecule has 0 saturated heterocycles. The van der Waals surface area contributed by atoms with E-state index in [9.17, 15) is 21.6 Å². The number of methoxy groups -OCH3 is 1. The van der Waals surface area contributed by atoms with Gasteiger partial charge in [0.05, 0.1) is 18.6 Å². The smallest absolute Gasteiger partial charge is 0.345 e. The number of likely N-dealkylation sites (N-methyl/N-ethyl adjacent to an activating group) is 1. The number of sulfonamides is 1. The van der Waals surface area contributed by atoms with Gasteiger partial charge in [-0.25, -0.2) is 12.8 Å². The topological polar surface area (TPSA) is 90.0 Å². The van der Waals surface area contributed by atoms with E-state index in [0.717, 1.165) is 6.07 Å². The van der Waals surface area contributed by atoms with E-state index >= 15 is 0 Å².